The summed E-state index contributed by atoms with van der Waals surface area (Å²) in [7, 11) is 5.88. The number of hydrogen-bond acceptors (Lipinski definition) is 19. The second-order valence-electron chi connectivity index (χ2n) is 24.8. The fraction of sp³-hybridized carbons (Fsp3) is 0.338. The first kappa shape index (κ1) is 76.4. The van der Waals surface area contributed by atoms with Crippen LogP contribution in [0.5, 0.6) is 23.0 Å². The first-order chi connectivity index (χ1) is 48.9. The molecule has 9 rings (SSSR count). The summed E-state index contributed by atoms with van der Waals surface area (Å²) in [6.45, 7) is 6.58. The second-order valence-corrected chi connectivity index (χ2v) is 27.8. The van der Waals surface area contributed by atoms with Crippen molar-refractivity contribution in [1.29, 1.82) is 5.41 Å². The van der Waals surface area contributed by atoms with Crippen LogP contribution in [0.2, 0.25) is 5.02 Å². The summed E-state index contributed by atoms with van der Waals surface area (Å²) in [5.74, 6) is -0.472. The van der Waals surface area contributed by atoms with Crippen molar-refractivity contribution in [2.45, 2.75) is 71.1 Å². The summed E-state index contributed by atoms with van der Waals surface area (Å²) >= 11 is 8.65. The molecular weight excluding hydrogens is 1370 g/mol. The number of quaternary nitrogens is 1. The Morgan fingerprint density at radius 1 is 0.863 bits per heavy atom. The lowest BCUT2D eigenvalue weighted by Crippen LogP contribution is -2.57. The van der Waals surface area contributed by atoms with E-state index in [0.717, 1.165) is 37.3 Å². The van der Waals surface area contributed by atoms with E-state index in [0.29, 0.717) is 143 Å². The molecule has 0 aliphatic carbocycles. The van der Waals surface area contributed by atoms with Gasteiger partial charge in [-0.2, -0.15) is 8.42 Å². The number of methoxy groups -OCH3 is 2. The van der Waals surface area contributed by atoms with Gasteiger partial charge in [-0.3, -0.25) is 24.5 Å². The van der Waals surface area contributed by atoms with Gasteiger partial charge in [0, 0.05) is 87.5 Å². The maximum Gasteiger partial charge on any atom is 0.348 e. The normalized spacial score (nSPS) is 13.4. The van der Waals surface area contributed by atoms with Gasteiger partial charge >= 0.3 is 12.0 Å². The van der Waals surface area contributed by atoms with E-state index < -0.39 is 58.2 Å². The van der Waals surface area contributed by atoms with Gasteiger partial charge in [-0.05, 0) is 127 Å². The largest absolute Gasteiger partial charge is 0.497 e. The molecule has 6 aromatic carbocycles. The minimum absolute atomic E-state index is 0.0427. The molecule has 1 saturated heterocycles. The molecule has 8 aromatic rings. The minimum atomic E-state index is -4.38. The fourth-order valence-electron chi connectivity index (χ4n) is 11.8. The van der Waals surface area contributed by atoms with Gasteiger partial charge in [0.1, 0.15) is 60.2 Å². The number of halogens is 2. The molecule has 2 aromatic heterocycles. The van der Waals surface area contributed by atoms with E-state index in [1.165, 1.54) is 28.4 Å². The molecule has 1 fully saturated rings. The third-order valence-electron chi connectivity index (χ3n) is 17.6. The molecular formula is C74H86ClFN11O13S2+. The highest BCUT2D eigenvalue weighted by Crippen LogP contribution is 2.49. The maximum absolute atomic E-state index is 14.7. The molecule has 2 atom stereocenters. The van der Waals surface area contributed by atoms with Crippen molar-refractivity contribution < 1.29 is 69.4 Å². The maximum atomic E-state index is 14.7. The van der Waals surface area contributed by atoms with Gasteiger partial charge in [-0.25, -0.2) is 23.9 Å². The second kappa shape index (κ2) is 35.7. The van der Waals surface area contributed by atoms with Gasteiger partial charge in [0.2, 0.25) is 23.8 Å². The molecule has 540 valence electrons. The number of nitrogens with one attached hydrogen (secondary N) is 5. The van der Waals surface area contributed by atoms with Crippen molar-refractivity contribution in [2.75, 3.05) is 105 Å². The van der Waals surface area contributed by atoms with E-state index in [1.807, 2.05) is 73.7 Å². The summed E-state index contributed by atoms with van der Waals surface area (Å²) in [6.07, 6.45) is 0.665. The first-order valence-electron chi connectivity index (χ1n) is 33.1. The summed E-state index contributed by atoms with van der Waals surface area (Å²) < 4.78 is 84.2. The zero-order chi connectivity index (χ0) is 73.1. The average Bonchev–Trinajstić information content (AvgIpc) is 1.56. The van der Waals surface area contributed by atoms with Crippen LogP contribution in [0.3, 0.4) is 0 Å². The number of anilines is 2. The van der Waals surface area contributed by atoms with Crippen molar-refractivity contribution >= 4 is 73.5 Å². The summed E-state index contributed by atoms with van der Waals surface area (Å²) in [5, 5.41) is 22.6. The van der Waals surface area contributed by atoms with Crippen LogP contribution in [0.4, 0.5) is 19.9 Å². The number of nitrogens with zero attached hydrogens (tertiary/aromatic N) is 5. The highest BCUT2D eigenvalue weighted by atomic mass is 35.5. The Morgan fingerprint density at radius 2 is 1.59 bits per heavy atom. The Hall–Kier alpha value is -9.74. The third kappa shape index (κ3) is 20.7. The Bertz CT molecular complexity index is 4370. The summed E-state index contributed by atoms with van der Waals surface area (Å²) in [6, 6.07) is 37.5. The number of thiophene rings is 1. The van der Waals surface area contributed by atoms with Crippen LogP contribution in [-0.2, 0) is 66.7 Å². The van der Waals surface area contributed by atoms with Gasteiger partial charge in [0.25, 0.3) is 10.1 Å². The third-order valence-corrected chi connectivity index (χ3v) is 20.1. The number of primary amides is 1. The van der Waals surface area contributed by atoms with E-state index >= 15 is 0 Å². The standard InChI is InChI=1S/C74H85ClFN11O13S2/c1-47-57(28-29-62(67(47)75)97-39-36-86-34-37-87(5,38-35-86)44-51-22-25-54(84-71(89)59(79-2)15-12-32-82-74(78)91)41-52(51)43-85(4)64(88)31-40-102(92,93)94)65-66(72(80-3)101-68(65)49-20-23-53(76)24-21-49)69(77)100-63(73(90)99-45-48-18-26-56(95-6)27-19-48)42-50-13-8-10-16-60(50)98-46-55-30-33-81-70(83-55)58-14-9-11-17-61(58)96-7/h8-11,13-14,16-30,33,41,59,63,79H,12,15,31-32,34-40,42-46H2,1-7H3,(H6-,77,78,80,82,84,89,91,92,93,94)/p+1. The molecule has 3 heterocycles. The predicted molar refractivity (Wildman–Crippen MR) is 391 cm³/mol. The number of esters is 1. The molecule has 102 heavy (non-hydrogen) atoms. The number of aromatic nitrogens is 2. The SMILES string of the molecule is CNc1sc(-c2ccc(F)cc2)c(-c2ccc(OCCN3CC[N+](C)(Cc4ccc(NC(=O)C(CCCNC(N)=O)NC)cc4CN(C)C(=O)CCS(=O)(=O)O)CC3)c(Cl)c2C)c1C(=N)OC(Cc1ccccc1OCc1ccnc(-c2ccccc2OC)n1)C(=O)OCc1ccc(OC)cc1. The number of rotatable bonds is 34. The first-order valence-corrected chi connectivity index (χ1v) is 35.9. The molecule has 0 radical (unpaired) electrons. The monoisotopic (exact) mass is 1450 g/mol. The molecule has 0 bridgehead atoms. The molecule has 2 unspecified atom stereocenters. The Balaban J connectivity index is 0.917. The number of carbonyl (C=O) groups excluding carboxylic acids is 4. The topological polar surface area (TPSA) is 308 Å². The van der Waals surface area contributed by atoms with E-state index in [2.05, 4.69) is 38.2 Å². The molecule has 8 N–H and O–H groups in total. The van der Waals surface area contributed by atoms with Gasteiger partial charge in [0.15, 0.2) is 5.82 Å². The minimum Gasteiger partial charge on any atom is -0.497 e. The van der Waals surface area contributed by atoms with Crippen molar-refractivity contribution in [1.82, 2.24) is 30.4 Å². The number of likely N-dealkylation sites (N-methyl/N-ethyl adjacent to an activating group) is 2. The number of benzene rings is 6. The van der Waals surface area contributed by atoms with Crippen LogP contribution in [0.25, 0.3) is 33.0 Å². The van der Waals surface area contributed by atoms with Crippen LogP contribution in [0.15, 0.2) is 140 Å². The van der Waals surface area contributed by atoms with Crippen LogP contribution < -0.4 is 45.9 Å². The Morgan fingerprint density at radius 3 is 2.28 bits per heavy atom. The van der Waals surface area contributed by atoms with Crippen molar-refractivity contribution in [3.05, 3.63) is 190 Å². The van der Waals surface area contributed by atoms with Crippen LogP contribution >= 0.6 is 22.9 Å². The molecule has 4 amide bonds. The number of para-hydroxylation sites is 2. The number of amides is 4. The number of hydrogen-bond donors (Lipinski definition) is 7. The van der Waals surface area contributed by atoms with Gasteiger partial charge in [-0.15, -0.1) is 11.3 Å². The van der Waals surface area contributed by atoms with Gasteiger partial charge in [0.05, 0.1) is 68.0 Å². The quantitative estimate of drug-likeness (QED) is 0.00492. The molecule has 24 nitrogen and oxygen atoms in total. The number of ether oxygens (including phenoxy) is 6. The van der Waals surface area contributed by atoms with Crippen LogP contribution in [0.1, 0.15) is 58.3 Å². The van der Waals surface area contributed by atoms with Gasteiger partial charge < -0.3 is 64.8 Å². The number of nitrogens with two attached hydrogens (primary N) is 1. The number of carbonyl (C=O) groups is 4. The smallest absolute Gasteiger partial charge is 0.348 e. The highest BCUT2D eigenvalue weighted by Gasteiger charge is 2.34. The van der Waals surface area contributed by atoms with Crippen molar-refractivity contribution in [2.24, 2.45) is 5.73 Å². The van der Waals surface area contributed by atoms with E-state index in [4.69, 9.17) is 50.7 Å². The lowest BCUT2D eigenvalue weighted by atomic mass is 9.94. The van der Waals surface area contributed by atoms with E-state index in [-0.39, 0.29) is 38.0 Å². The van der Waals surface area contributed by atoms with E-state index in [1.54, 1.807) is 96.2 Å². The molecule has 28 heteroatoms. The molecule has 0 saturated carbocycles. The molecule has 0 spiro atoms. The van der Waals surface area contributed by atoms with Crippen LogP contribution in [-0.4, -0.2) is 173 Å². The van der Waals surface area contributed by atoms with Crippen molar-refractivity contribution in [3.63, 3.8) is 0 Å². The summed E-state index contributed by atoms with van der Waals surface area (Å²) in [5.41, 5.74) is 12.7. The predicted octanol–water partition coefficient (Wildman–Crippen LogP) is 10.5. The van der Waals surface area contributed by atoms with Gasteiger partial charge in [-0.1, -0.05) is 78.3 Å². The highest BCUT2D eigenvalue weighted by molar-refractivity contribution is 7.85. The lowest BCUT2D eigenvalue weighted by Gasteiger charge is -2.42. The Labute approximate surface area is 602 Å². The lowest BCUT2D eigenvalue weighted by molar-refractivity contribution is -0.926. The van der Waals surface area contributed by atoms with Crippen LogP contribution in [0, 0.1) is 18.2 Å². The zero-order valence-corrected chi connectivity index (χ0v) is 60.4. The molecule has 1 aliphatic rings. The zero-order valence-electron chi connectivity index (χ0n) is 58.0. The average molecular weight is 1460 g/mol. The molecule has 1 aliphatic heterocycles. The Kier molecular flexibility index (Phi) is 26.8. The number of piperazine rings is 1. The van der Waals surface area contributed by atoms with E-state index in [9.17, 15) is 41.9 Å². The summed E-state index contributed by atoms with van der Waals surface area (Å²) in [4.78, 5) is 66.1. The van der Waals surface area contributed by atoms with Crippen molar-refractivity contribution in [3.8, 4) is 56.0 Å². The fourth-order valence-corrected chi connectivity index (χ4v) is 13.7. The number of urea groups is 1.